The Labute approximate surface area is 167 Å². The maximum absolute atomic E-state index is 4.71. The summed E-state index contributed by atoms with van der Waals surface area (Å²) < 4.78 is 0. The number of benzene rings is 2. The molecule has 2 fully saturated rings. The average molecular weight is 373 g/mol. The summed E-state index contributed by atoms with van der Waals surface area (Å²) in [6.07, 6.45) is 9.44. The fraction of sp³-hybridized carbons (Fsp3) is 0.417. The van der Waals surface area contributed by atoms with E-state index in [1.807, 2.05) is 12.4 Å². The zero-order valence-corrected chi connectivity index (χ0v) is 16.4. The number of hydrogen-bond acceptors (Lipinski definition) is 4. The molecule has 28 heavy (non-hydrogen) atoms. The highest BCUT2D eigenvalue weighted by Gasteiger charge is 2.27. The molecule has 2 saturated heterocycles. The van der Waals surface area contributed by atoms with Crippen molar-refractivity contribution in [2.24, 2.45) is 0 Å². The summed E-state index contributed by atoms with van der Waals surface area (Å²) in [5.74, 6) is 0.814. The van der Waals surface area contributed by atoms with E-state index in [1.165, 1.54) is 68.2 Å². The largest absolute Gasteiger partial charge is 0.299 e. The molecule has 1 aromatic heterocycles. The highest BCUT2D eigenvalue weighted by atomic mass is 15.2. The lowest BCUT2D eigenvalue weighted by atomic mass is 10.0. The third kappa shape index (κ3) is 3.67. The molecule has 2 aliphatic rings. The first-order valence-corrected chi connectivity index (χ1v) is 10.6. The molecule has 4 nitrogen and oxygen atoms in total. The molecule has 2 aromatic carbocycles. The van der Waals surface area contributed by atoms with Crippen molar-refractivity contribution in [1.29, 1.82) is 0 Å². The van der Waals surface area contributed by atoms with E-state index in [0.717, 1.165) is 24.0 Å². The van der Waals surface area contributed by atoms with Gasteiger partial charge < -0.3 is 0 Å². The molecule has 0 N–H and O–H groups in total. The van der Waals surface area contributed by atoms with Crippen LogP contribution >= 0.6 is 0 Å². The summed E-state index contributed by atoms with van der Waals surface area (Å²) in [6.45, 7) is 5.92. The minimum atomic E-state index is 0.743. The Morgan fingerprint density at radius 1 is 0.857 bits per heavy atom. The van der Waals surface area contributed by atoms with E-state index in [2.05, 4.69) is 52.3 Å². The molecule has 144 valence electrons. The van der Waals surface area contributed by atoms with E-state index in [9.17, 15) is 0 Å². The molecule has 5 rings (SSSR count). The molecule has 0 spiro atoms. The maximum atomic E-state index is 4.71. The molecular formula is C24H28N4. The molecule has 0 saturated carbocycles. The van der Waals surface area contributed by atoms with Crippen molar-refractivity contribution in [3.05, 3.63) is 60.4 Å². The lowest BCUT2D eigenvalue weighted by Gasteiger charge is -2.37. The second-order valence-corrected chi connectivity index (χ2v) is 8.22. The Bertz CT molecular complexity index is 925. The van der Waals surface area contributed by atoms with Gasteiger partial charge in [-0.05, 0) is 56.1 Å². The van der Waals surface area contributed by atoms with Crippen LogP contribution in [0.2, 0.25) is 0 Å². The van der Waals surface area contributed by atoms with Gasteiger partial charge in [0.15, 0.2) is 5.82 Å². The normalized spacial score (nSPS) is 21.4. The molecule has 0 bridgehead atoms. The zero-order chi connectivity index (χ0) is 18.8. The highest BCUT2D eigenvalue weighted by molar-refractivity contribution is 5.94. The van der Waals surface area contributed by atoms with Crippen molar-refractivity contribution < 1.29 is 0 Å². The van der Waals surface area contributed by atoms with E-state index in [4.69, 9.17) is 9.97 Å². The quantitative estimate of drug-likeness (QED) is 0.681. The van der Waals surface area contributed by atoms with Crippen LogP contribution in [0.4, 0.5) is 0 Å². The van der Waals surface area contributed by atoms with Crippen LogP contribution in [-0.4, -0.2) is 52.0 Å². The van der Waals surface area contributed by atoms with Crippen LogP contribution in [0.1, 0.15) is 31.2 Å². The van der Waals surface area contributed by atoms with Gasteiger partial charge in [0, 0.05) is 42.7 Å². The number of aromatic nitrogens is 2. The minimum absolute atomic E-state index is 0.743. The van der Waals surface area contributed by atoms with Crippen LogP contribution in [-0.2, 0) is 6.54 Å². The second-order valence-electron chi connectivity index (χ2n) is 8.22. The maximum Gasteiger partial charge on any atom is 0.159 e. The number of fused-ring (bicyclic) bond motifs is 1. The standard InChI is InChI=1S/C24H28N4/c1-2-10-22-20(7-1)8-5-11-23(22)24-25-15-19(16-26-24)17-27-12-6-9-21(18-27)28-13-3-4-14-28/h1-2,5,7-8,10-11,15-16,21H,3-4,6,9,12-14,17-18H2. The first-order valence-electron chi connectivity index (χ1n) is 10.6. The van der Waals surface area contributed by atoms with E-state index < -0.39 is 0 Å². The molecule has 4 heteroatoms. The van der Waals surface area contributed by atoms with Crippen LogP contribution in [0.3, 0.4) is 0 Å². The topological polar surface area (TPSA) is 32.3 Å². The van der Waals surface area contributed by atoms with Gasteiger partial charge in [0.2, 0.25) is 0 Å². The molecule has 1 unspecified atom stereocenters. The number of likely N-dealkylation sites (tertiary alicyclic amines) is 2. The number of hydrogen-bond donors (Lipinski definition) is 0. The summed E-state index contributed by atoms with van der Waals surface area (Å²) in [5.41, 5.74) is 2.32. The Balaban J connectivity index is 1.30. The van der Waals surface area contributed by atoms with E-state index in [1.54, 1.807) is 0 Å². The van der Waals surface area contributed by atoms with Crippen LogP contribution in [0.25, 0.3) is 22.2 Å². The Morgan fingerprint density at radius 3 is 2.50 bits per heavy atom. The summed E-state index contributed by atoms with van der Waals surface area (Å²) in [6, 6.07) is 15.5. The Hall–Kier alpha value is -2.30. The smallest absolute Gasteiger partial charge is 0.159 e. The molecule has 3 heterocycles. The predicted octanol–water partition coefficient (Wildman–Crippen LogP) is 4.36. The molecular weight excluding hydrogens is 344 g/mol. The summed E-state index contributed by atoms with van der Waals surface area (Å²) in [7, 11) is 0. The highest BCUT2D eigenvalue weighted by Crippen LogP contribution is 2.26. The summed E-state index contributed by atoms with van der Waals surface area (Å²) in [4.78, 5) is 14.7. The van der Waals surface area contributed by atoms with Gasteiger partial charge in [0.05, 0.1) is 0 Å². The van der Waals surface area contributed by atoms with Crippen molar-refractivity contribution in [3.63, 3.8) is 0 Å². The molecule has 1 atom stereocenters. The van der Waals surface area contributed by atoms with Crippen LogP contribution in [0.15, 0.2) is 54.9 Å². The van der Waals surface area contributed by atoms with Gasteiger partial charge in [0.1, 0.15) is 0 Å². The SMILES string of the molecule is c1ccc2c(-c3ncc(CN4CCCC(N5CCCC5)C4)cn3)cccc2c1. The number of nitrogens with zero attached hydrogens (tertiary/aromatic N) is 4. The van der Waals surface area contributed by atoms with Crippen LogP contribution in [0, 0.1) is 0 Å². The van der Waals surface area contributed by atoms with Gasteiger partial charge in [-0.1, -0.05) is 42.5 Å². The van der Waals surface area contributed by atoms with Crippen molar-refractivity contribution in [1.82, 2.24) is 19.8 Å². The summed E-state index contributed by atoms with van der Waals surface area (Å²) >= 11 is 0. The van der Waals surface area contributed by atoms with Gasteiger partial charge in [-0.3, -0.25) is 9.80 Å². The molecule has 3 aromatic rings. The average Bonchev–Trinajstić information content (AvgIpc) is 3.29. The van der Waals surface area contributed by atoms with Crippen molar-refractivity contribution in [2.45, 2.75) is 38.3 Å². The zero-order valence-electron chi connectivity index (χ0n) is 16.4. The van der Waals surface area contributed by atoms with Gasteiger partial charge in [-0.2, -0.15) is 0 Å². The second kappa shape index (κ2) is 7.98. The third-order valence-electron chi connectivity index (χ3n) is 6.28. The Kier molecular flexibility index (Phi) is 5.06. The first-order chi connectivity index (χ1) is 13.9. The monoisotopic (exact) mass is 372 g/mol. The molecule has 2 aliphatic heterocycles. The van der Waals surface area contributed by atoms with E-state index in [-0.39, 0.29) is 0 Å². The van der Waals surface area contributed by atoms with Crippen molar-refractivity contribution >= 4 is 10.8 Å². The fourth-order valence-corrected chi connectivity index (χ4v) is 4.83. The van der Waals surface area contributed by atoms with Gasteiger partial charge >= 0.3 is 0 Å². The minimum Gasteiger partial charge on any atom is -0.299 e. The number of rotatable bonds is 4. The molecule has 0 amide bonds. The van der Waals surface area contributed by atoms with Gasteiger partial charge in [0.25, 0.3) is 0 Å². The van der Waals surface area contributed by atoms with E-state index in [0.29, 0.717) is 0 Å². The van der Waals surface area contributed by atoms with Crippen molar-refractivity contribution in [2.75, 3.05) is 26.2 Å². The summed E-state index contributed by atoms with van der Waals surface area (Å²) in [5, 5.41) is 2.44. The fourth-order valence-electron chi connectivity index (χ4n) is 4.83. The van der Waals surface area contributed by atoms with Gasteiger partial charge in [-0.15, -0.1) is 0 Å². The lowest BCUT2D eigenvalue weighted by molar-refractivity contribution is 0.110. The Morgan fingerprint density at radius 2 is 1.64 bits per heavy atom. The molecule has 0 radical (unpaired) electrons. The predicted molar refractivity (Wildman–Crippen MR) is 114 cm³/mol. The lowest BCUT2D eigenvalue weighted by Crippen LogP contribution is -2.46. The van der Waals surface area contributed by atoms with Crippen LogP contribution in [0.5, 0.6) is 0 Å². The van der Waals surface area contributed by atoms with Gasteiger partial charge in [-0.25, -0.2) is 9.97 Å². The molecule has 0 aliphatic carbocycles. The van der Waals surface area contributed by atoms with E-state index >= 15 is 0 Å². The number of piperidine rings is 1. The first kappa shape index (κ1) is 17.8. The third-order valence-corrected chi connectivity index (χ3v) is 6.28. The van der Waals surface area contributed by atoms with Crippen molar-refractivity contribution in [3.8, 4) is 11.4 Å². The van der Waals surface area contributed by atoms with Crippen LogP contribution < -0.4 is 0 Å².